The van der Waals surface area contributed by atoms with E-state index in [-0.39, 0.29) is 5.69 Å². The number of non-ortho nitro benzene ring substituents is 1. The molecule has 0 aliphatic heterocycles. The maximum absolute atomic E-state index is 10.8. The molecule has 0 heterocycles. The van der Waals surface area contributed by atoms with E-state index in [2.05, 4.69) is 17.6 Å². The number of nitrogens with zero attached hydrogens (tertiary/aromatic N) is 1. The van der Waals surface area contributed by atoms with Gasteiger partial charge in [0.2, 0.25) is 0 Å². The first-order valence-corrected chi connectivity index (χ1v) is 7.80. The number of nitro groups is 1. The van der Waals surface area contributed by atoms with Gasteiger partial charge in [-0.05, 0) is 49.9 Å². The average molecular weight is 323 g/mol. The molecular weight excluding hydrogens is 302 g/mol. The van der Waals surface area contributed by atoms with Gasteiger partial charge in [0, 0.05) is 12.1 Å². The van der Waals surface area contributed by atoms with Crippen LogP contribution in [0.15, 0.2) is 18.2 Å². The molecule has 1 saturated carbocycles. The first kappa shape index (κ1) is 16.5. The predicted molar refractivity (Wildman–Crippen MR) is 90.4 cm³/mol. The van der Waals surface area contributed by atoms with E-state index in [9.17, 15) is 10.1 Å². The molecule has 0 radical (unpaired) electrons. The van der Waals surface area contributed by atoms with Crippen LogP contribution in [0.2, 0.25) is 0 Å². The highest BCUT2D eigenvalue weighted by Gasteiger charge is 2.19. The normalized spacial score (nSPS) is 21.0. The quantitative estimate of drug-likeness (QED) is 0.502. The summed E-state index contributed by atoms with van der Waals surface area (Å²) in [6, 6.07) is 4.80. The van der Waals surface area contributed by atoms with Crippen LogP contribution in [0, 0.1) is 16.0 Å². The van der Waals surface area contributed by atoms with Crippen LogP contribution in [0.4, 0.5) is 11.4 Å². The lowest BCUT2D eigenvalue weighted by atomic mass is 9.87. The molecular formula is C15H21N3O3S. The van der Waals surface area contributed by atoms with Crippen molar-refractivity contribution in [2.75, 3.05) is 12.4 Å². The summed E-state index contributed by atoms with van der Waals surface area (Å²) in [4.78, 5) is 10.3. The zero-order valence-corrected chi connectivity index (χ0v) is 13.6. The zero-order valence-electron chi connectivity index (χ0n) is 12.8. The van der Waals surface area contributed by atoms with Crippen molar-refractivity contribution in [2.24, 2.45) is 5.92 Å². The summed E-state index contributed by atoms with van der Waals surface area (Å²) < 4.78 is 5.19. The second kappa shape index (κ2) is 7.40. The Kier molecular flexibility index (Phi) is 5.54. The lowest BCUT2D eigenvalue weighted by Gasteiger charge is -2.28. The van der Waals surface area contributed by atoms with Crippen molar-refractivity contribution in [3.05, 3.63) is 28.3 Å². The van der Waals surface area contributed by atoms with E-state index >= 15 is 0 Å². The molecule has 1 aromatic carbocycles. The first-order valence-electron chi connectivity index (χ1n) is 7.39. The van der Waals surface area contributed by atoms with Crippen LogP contribution in [0.1, 0.15) is 32.6 Å². The van der Waals surface area contributed by atoms with Gasteiger partial charge in [0.1, 0.15) is 5.75 Å². The third kappa shape index (κ3) is 4.30. The number of nitrogens with one attached hydrogen (secondary N) is 2. The predicted octanol–water partition coefficient (Wildman–Crippen LogP) is 3.47. The Morgan fingerprint density at radius 2 is 2.05 bits per heavy atom. The molecule has 1 aliphatic rings. The van der Waals surface area contributed by atoms with E-state index in [1.807, 2.05) is 0 Å². The zero-order chi connectivity index (χ0) is 16.1. The number of ether oxygens (including phenoxy) is 1. The Hall–Kier alpha value is -1.89. The number of rotatable bonds is 4. The van der Waals surface area contributed by atoms with Crippen LogP contribution >= 0.6 is 12.2 Å². The van der Waals surface area contributed by atoms with Crippen LogP contribution < -0.4 is 15.4 Å². The molecule has 0 saturated heterocycles. The van der Waals surface area contributed by atoms with Gasteiger partial charge in [-0.3, -0.25) is 10.1 Å². The summed E-state index contributed by atoms with van der Waals surface area (Å²) >= 11 is 5.33. The second-order valence-electron chi connectivity index (χ2n) is 5.70. The van der Waals surface area contributed by atoms with E-state index in [1.165, 1.54) is 32.1 Å². The van der Waals surface area contributed by atoms with Crippen LogP contribution in [0.3, 0.4) is 0 Å². The fraction of sp³-hybridized carbons (Fsp3) is 0.533. The topological polar surface area (TPSA) is 76.4 Å². The molecule has 7 heteroatoms. The highest BCUT2D eigenvalue weighted by molar-refractivity contribution is 7.80. The number of benzene rings is 1. The lowest BCUT2D eigenvalue weighted by molar-refractivity contribution is -0.384. The van der Waals surface area contributed by atoms with Gasteiger partial charge in [-0.25, -0.2) is 0 Å². The maximum Gasteiger partial charge on any atom is 0.273 e. The van der Waals surface area contributed by atoms with E-state index in [0.29, 0.717) is 22.6 Å². The van der Waals surface area contributed by atoms with Crippen LogP contribution in [0.5, 0.6) is 5.75 Å². The number of hydrogen-bond donors (Lipinski definition) is 2. The van der Waals surface area contributed by atoms with Crippen LogP contribution in [-0.4, -0.2) is 23.2 Å². The molecule has 0 bridgehead atoms. The molecule has 0 spiro atoms. The van der Waals surface area contributed by atoms with Crippen molar-refractivity contribution < 1.29 is 9.66 Å². The Morgan fingerprint density at radius 1 is 1.36 bits per heavy atom. The Bertz CT molecular complexity index is 557. The van der Waals surface area contributed by atoms with Gasteiger partial charge < -0.3 is 15.4 Å². The summed E-state index contributed by atoms with van der Waals surface area (Å²) in [6.45, 7) is 2.27. The Labute approximate surface area is 135 Å². The van der Waals surface area contributed by atoms with Gasteiger partial charge >= 0.3 is 0 Å². The van der Waals surface area contributed by atoms with Gasteiger partial charge in [-0.15, -0.1) is 0 Å². The molecule has 0 unspecified atom stereocenters. The van der Waals surface area contributed by atoms with Crippen molar-refractivity contribution in [2.45, 2.75) is 38.6 Å². The molecule has 1 aliphatic carbocycles. The number of thiocarbonyl (C=S) groups is 1. The fourth-order valence-electron chi connectivity index (χ4n) is 2.64. The average Bonchev–Trinajstić information content (AvgIpc) is 2.49. The minimum absolute atomic E-state index is 0.0115. The van der Waals surface area contributed by atoms with Crippen molar-refractivity contribution in [3.63, 3.8) is 0 Å². The first-order chi connectivity index (χ1) is 10.5. The summed E-state index contributed by atoms with van der Waals surface area (Å²) in [5, 5.41) is 17.7. The smallest absolute Gasteiger partial charge is 0.273 e. The molecule has 1 fully saturated rings. The fourth-order valence-corrected chi connectivity index (χ4v) is 2.92. The summed E-state index contributed by atoms with van der Waals surface area (Å²) in [7, 11) is 1.48. The third-order valence-corrected chi connectivity index (χ3v) is 4.22. The van der Waals surface area contributed by atoms with Gasteiger partial charge in [0.05, 0.1) is 23.8 Å². The molecule has 6 nitrogen and oxygen atoms in total. The van der Waals surface area contributed by atoms with Crippen LogP contribution in [-0.2, 0) is 0 Å². The monoisotopic (exact) mass is 323 g/mol. The minimum atomic E-state index is -0.452. The van der Waals surface area contributed by atoms with Gasteiger partial charge in [-0.1, -0.05) is 6.92 Å². The van der Waals surface area contributed by atoms with Crippen molar-refractivity contribution >= 4 is 28.7 Å². The number of methoxy groups -OCH3 is 1. The minimum Gasteiger partial charge on any atom is -0.494 e. The van der Waals surface area contributed by atoms with Crippen molar-refractivity contribution in [3.8, 4) is 5.75 Å². The molecule has 0 aromatic heterocycles. The van der Waals surface area contributed by atoms with E-state index in [0.717, 1.165) is 18.8 Å². The molecule has 1 aromatic rings. The number of anilines is 1. The molecule has 120 valence electrons. The SMILES string of the molecule is COc1cc([N+](=O)[O-])ccc1NC(=S)NC1CCC(C)CC1. The second-order valence-corrected chi connectivity index (χ2v) is 6.11. The summed E-state index contributed by atoms with van der Waals surface area (Å²) in [5.74, 6) is 1.19. The standard InChI is InChI=1S/C15H21N3O3S/c1-10-3-5-11(6-4-10)16-15(22)17-13-8-7-12(18(19)20)9-14(13)21-2/h7-11H,3-6H2,1-2H3,(H2,16,17,22). The largest absolute Gasteiger partial charge is 0.494 e. The molecule has 2 rings (SSSR count). The molecule has 0 amide bonds. The molecule has 22 heavy (non-hydrogen) atoms. The van der Waals surface area contributed by atoms with Crippen LogP contribution in [0.25, 0.3) is 0 Å². The highest BCUT2D eigenvalue weighted by Crippen LogP contribution is 2.29. The van der Waals surface area contributed by atoms with Crippen molar-refractivity contribution in [1.82, 2.24) is 5.32 Å². The van der Waals surface area contributed by atoms with E-state index in [1.54, 1.807) is 6.07 Å². The van der Waals surface area contributed by atoms with E-state index in [4.69, 9.17) is 17.0 Å². The Balaban J connectivity index is 1.97. The summed E-state index contributed by atoms with van der Waals surface area (Å²) in [5.41, 5.74) is 0.609. The number of hydrogen-bond acceptors (Lipinski definition) is 4. The maximum atomic E-state index is 10.8. The summed E-state index contributed by atoms with van der Waals surface area (Å²) in [6.07, 6.45) is 4.64. The van der Waals surface area contributed by atoms with Gasteiger partial charge in [0.15, 0.2) is 5.11 Å². The van der Waals surface area contributed by atoms with Crippen molar-refractivity contribution in [1.29, 1.82) is 0 Å². The van der Waals surface area contributed by atoms with Gasteiger partial charge in [0.25, 0.3) is 5.69 Å². The third-order valence-electron chi connectivity index (χ3n) is 4.00. The Morgan fingerprint density at radius 3 is 2.64 bits per heavy atom. The number of nitro benzene ring substituents is 1. The van der Waals surface area contributed by atoms with Gasteiger partial charge in [-0.2, -0.15) is 0 Å². The lowest BCUT2D eigenvalue weighted by Crippen LogP contribution is -2.39. The highest BCUT2D eigenvalue weighted by atomic mass is 32.1. The van der Waals surface area contributed by atoms with E-state index < -0.39 is 4.92 Å². The molecule has 2 N–H and O–H groups in total. The molecule has 0 atom stereocenters.